The quantitative estimate of drug-likeness (QED) is 0.644. The lowest BCUT2D eigenvalue weighted by molar-refractivity contribution is -0.0369. The molecule has 5 rings (SSSR count). The molecule has 0 atom stereocenters. The van der Waals surface area contributed by atoms with E-state index < -0.39 is 5.60 Å². The van der Waals surface area contributed by atoms with E-state index in [0.29, 0.717) is 49.4 Å². The Kier molecular flexibility index (Phi) is 5.38. The van der Waals surface area contributed by atoms with E-state index in [1.165, 1.54) is 12.1 Å². The van der Waals surface area contributed by atoms with E-state index in [1.54, 1.807) is 63.1 Å². The average Bonchev–Trinajstić information content (AvgIpc) is 3.31. The number of piperidine rings is 1. The van der Waals surface area contributed by atoms with Crippen molar-refractivity contribution in [2.75, 3.05) is 31.7 Å². The Labute approximate surface area is 191 Å². The first kappa shape index (κ1) is 21.2. The summed E-state index contributed by atoms with van der Waals surface area (Å²) in [6.45, 7) is 1.32. The SMILES string of the molecule is O=C(c1cccc(-c2cccc(F)c2)c1)N1CCC(O)(CN2CNn3cccc3C2=O)CC1. The maximum absolute atomic E-state index is 13.6. The first-order valence-corrected chi connectivity index (χ1v) is 11.0. The molecule has 0 spiro atoms. The van der Waals surface area contributed by atoms with Gasteiger partial charge in [-0.2, -0.15) is 0 Å². The summed E-state index contributed by atoms with van der Waals surface area (Å²) in [6, 6.07) is 17.0. The molecule has 1 fully saturated rings. The predicted molar refractivity (Wildman–Crippen MR) is 122 cm³/mol. The third-order valence-corrected chi connectivity index (χ3v) is 6.42. The van der Waals surface area contributed by atoms with Crippen LogP contribution >= 0.6 is 0 Å². The number of amides is 2. The fourth-order valence-electron chi connectivity index (χ4n) is 4.54. The molecule has 0 bridgehead atoms. The fraction of sp³-hybridized carbons (Fsp3) is 0.280. The number of hydrogen-bond acceptors (Lipinski definition) is 4. The number of β-amino-alcohol motifs (C(OH)–C–C–N with tert-alkyl or cyclic N) is 1. The number of carbonyl (C=O) groups is 2. The number of hydrogen-bond donors (Lipinski definition) is 2. The molecule has 3 aromatic rings. The summed E-state index contributed by atoms with van der Waals surface area (Å²) < 4.78 is 15.3. The number of nitrogens with one attached hydrogen (secondary N) is 1. The fourth-order valence-corrected chi connectivity index (χ4v) is 4.54. The zero-order valence-corrected chi connectivity index (χ0v) is 18.1. The number of likely N-dealkylation sites (tertiary alicyclic amines) is 1. The van der Waals surface area contributed by atoms with Crippen LogP contribution in [0.15, 0.2) is 66.9 Å². The Morgan fingerprint density at radius 2 is 1.76 bits per heavy atom. The van der Waals surface area contributed by atoms with Crippen LogP contribution in [0, 0.1) is 5.82 Å². The first-order chi connectivity index (χ1) is 15.9. The third kappa shape index (κ3) is 4.21. The number of benzene rings is 2. The standard InChI is InChI=1S/C25H25FN4O3/c26-21-7-2-5-19(15-21)18-4-1-6-20(14-18)23(31)28-12-9-25(33,10-13-28)16-29-17-27-30-11-3-8-22(30)24(29)32/h1-8,11,14-15,27,33H,9-10,12-13,16-17H2. The largest absolute Gasteiger partial charge is 0.388 e. The van der Waals surface area contributed by atoms with Gasteiger partial charge < -0.3 is 20.3 Å². The molecule has 2 aliphatic rings. The van der Waals surface area contributed by atoms with Gasteiger partial charge in [-0.3, -0.25) is 14.3 Å². The summed E-state index contributed by atoms with van der Waals surface area (Å²) in [5.74, 6) is -0.571. The van der Waals surface area contributed by atoms with Crippen molar-refractivity contribution in [1.82, 2.24) is 14.5 Å². The Bertz CT molecular complexity index is 1200. The molecular formula is C25H25FN4O3. The van der Waals surface area contributed by atoms with Crippen molar-refractivity contribution in [1.29, 1.82) is 0 Å². The molecule has 170 valence electrons. The smallest absolute Gasteiger partial charge is 0.273 e. The van der Waals surface area contributed by atoms with Gasteiger partial charge in [0.2, 0.25) is 0 Å². The van der Waals surface area contributed by atoms with Gasteiger partial charge in [-0.05, 0) is 60.4 Å². The van der Waals surface area contributed by atoms with Gasteiger partial charge in [0.15, 0.2) is 0 Å². The zero-order chi connectivity index (χ0) is 23.0. The highest BCUT2D eigenvalue weighted by Gasteiger charge is 2.38. The predicted octanol–water partition coefficient (Wildman–Crippen LogP) is 2.92. The summed E-state index contributed by atoms with van der Waals surface area (Å²) in [7, 11) is 0. The molecule has 0 aliphatic carbocycles. The number of halogens is 1. The van der Waals surface area contributed by atoms with E-state index in [0.717, 1.165) is 5.56 Å². The van der Waals surface area contributed by atoms with Crippen LogP contribution in [0.2, 0.25) is 0 Å². The molecule has 8 heteroatoms. The van der Waals surface area contributed by atoms with E-state index in [-0.39, 0.29) is 24.2 Å². The van der Waals surface area contributed by atoms with Gasteiger partial charge in [-0.1, -0.05) is 24.3 Å². The summed E-state index contributed by atoms with van der Waals surface area (Å²) in [5, 5.41) is 11.1. The Morgan fingerprint density at radius 1 is 1.03 bits per heavy atom. The van der Waals surface area contributed by atoms with E-state index >= 15 is 0 Å². The molecule has 1 aromatic heterocycles. The Hall–Kier alpha value is -3.65. The van der Waals surface area contributed by atoms with Gasteiger partial charge in [-0.15, -0.1) is 0 Å². The molecule has 1 saturated heterocycles. The van der Waals surface area contributed by atoms with Gasteiger partial charge in [-0.25, -0.2) is 4.39 Å². The number of carbonyl (C=O) groups excluding carboxylic acids is 2. The number of aliphatic hydroxyl groups is 1. The normalized spacial score (nSPS) is 17.5. The summed E-state index contributed by atoms with van der Waals surface area (Å²) in [4.78, 5) is 29.1. The van der Waals surface area contributed by atoms with E-state index in [4.69, 9.17) is 0 Å². The van der Waals surface area contributed by atoms with Crippen LogP contribution in [0.1, 0.15) is 33.7 Å². The molecule has 33 heavy (non-hydrogen) atoms. The van der Waals surface area contributed by atoms with Crippen LogP contribution in [0.4, 0.5) is 4.39 Å². The lowest BCUT2D eigenvalue weighted by Crippen LogP contribution is -2.56. The molecular weight excluding hydrogens is 423 g/mol. The molecule has 7 nitrogen and oxygen atoms in total. The highest BCUT2D eigenvalue weighted by Crippen LogP contribution is 2.27. The number of aromatic nitrogens is 1. The molecule has 2 aromatic carbocycles. The van der Waals surface area contributed by atoms with Crippen LogP contribution < -0.4 is 5.43 Å². The van der Waals surface area contributed by atoms with Gasteiger partial charge in [0.05, 0.1) is 12.1 Å². The maximum Gasteiger partial charge on any atom is 0.273 e. The lowest BCUT2D eigenvalue weighted by Gasteiger charge is -2.42. The van der Waals surface area contributed by atoms with Crippen LogP contribution in [0.5, 0.6) is 0 Å². The monoisotopic (exact) mass is 448 g/mol. The zero-order valence-electron chi connectivity index (χ0n) is 18.1. The molecule has 0 saturated carbocycles. The van der Waals surface area contributed by atoms with Gasteiger partial charge in [0.1, 0.15) is 18.2 Å². The summed E-state index contributed by atoms with van der Waals surface area (Å²) in [6.07, 6.45) is 2.55. The number of nitrogens with zero attached hydrogens (tertiary/aromatic N) is 3. The van der Waals surface area contributed by atoms with Crippen molar-refractivity contribution >= 4 is 11.8 Å². The minimum Gasteiger partial charge on any atom is -0.388 e. The number of rotatable bonds is 4. The van der Waals surface area contributed by atoms with Crippen molar-refractivity contribution in [2.45, 2.75) is 18.4 Å². The van der Waals surface area contributed by atoms with Crippen molar-refractivity contribution < 1.29 is 19.1 Å². The van der Waals surface area contributed by atoms with Crippen molar-refractivity contribution in [2.24, 2.45) is 0 Å². The maximum atomic E-state index is 13.6. The molecule has 0 unspecified atom stereocenters. The van der Waals surface area contributed by atoms with Gasteiger partial charge in [0.25, 0.3) is 11.8 Å². The Morgan fingerprint density at radius 3 is 2.52 bits per heavy atom. The first-order valence-electron chi connectivity index (χ1n) is 11.0. The molecule has 2 amide bonds. The van der Waals surface area contributed by atoms with Crippen LogP contribution in [0.3, 0.4) is 0 Å². The van der Waals surface area contributed by atoms with Crippen molar-refractivity contribution in [3.63, 3.8) is 0 Å². The Balaban J connectivity index is 1.23. The van der Waals surface area contributed by atoms with Crippen molar-refractivity contribution in [3.05, 3.63) is 83.9 Å². The molecule has 2 aliphatic heterocycles. The molecule has 3 heterocycles. The minimum atomic E-state index is -1.05. The second kappa shape index (κ2) is 8.37. The van der Waals surface area contributed by atoms with Crippen LogP contribution in [0.25, 0.3) is 11.1 Å². The van der Waals surface area contributed by atoms with E-state index in [1.807, 2.05) is 6.07 Å². The van der Waals surface area contributed by atoms with Crippen LogP contribution in [-0.2, 0) is 0 Å². The second-order valence-corrected chi connectivity index (χ2v) is 8.69. The topological polar surface area (TPSA) is 77.8 Å². The lowest BCUT2D eigenvalue weighted by atomic mass is 9.90. The van der Waals surface area contributed by atoms with Gasteiger partial charge in [0, 0.05) is 24.8 Å². The highest BCUT2D eigenvalue weighted by atomic mass is 19.1. The molecule has 0 radical (unpaired) electrons. The number of fused-ring (bicyclic) bond motifs is 1. The highest BCUT2D eigenvalue weighted by molar-refractivity contribution is 5.95. The van der Waals surface area contributed by atoms with Gasteiger partial charge >= 0.3 is 0 Å². The summed E-state index contributed by atoms with van der Waals surface area (Å²) in [5.41, 5.74) is 4.62. The van der Waals surface area contributed by atoms with E-state index in [2.05, 4.69) is 5.43 Å². The van der Waals surface area contributed by atoms with Crippen molar-refractivity contribution in [3.8, 4) is 11.1 Å². The van der Waals surface area contributed by atoms with Crippen LogP contribution in [-0.4, -0.2) is 63.3 Å². The minimum absolute atomic E-state index is 0.121. The molecule has 2 N–H and O–H groups in total. The second-order valence-electron chi connectivity index (χ2n) is 8.69. The third-order valence-electron chi connectivity index (χ3n) is 6.42. The average molecular weight is 448 g/mol. The van der Waals surface area contributed by atoms with E-state index in [9.17, 15) is 19.1 Å². The summed E-state index contributed by atoms with van der Waals surface area (Å²) >= 11 is 0.